The molecule has 1 fully saturated rings. The molecule has 0 amide bonds. The average molecular weight is 304 g/mol. The van der Waals surface area contributed by atoms with Gasteiger partial charge in [0.05, 0.1) is 4.90 Å². The first-order chi connectivity index (χ1) is 10.1. The van der Waals surface area contributed by atoms with Gasteiger partial charge in [-0.15, -0.1) is 0 Å². The van der Waals surface area contributed by atoms with Crippen LogP contribution in [-0.2, 0) is 10.0 Å². The molecule has 1 heterocycles. The zero-order valence-corrected chi connectivity index (χ0v) is 12.9. The second-order valence-corrected chi connectivity index (χ2v) is 7.36. The van der Waals surface area contributed by atoms with E-state index in [2.05, 4.69) is 17.0 Å². The van der Waals surface area contributed by atoms with Crippen LogP contribution in [0.3, 0.4) is 0 Å². The minimum absolute atomic E-state index is 0.00483. The maximum atomic E-state index is 12.7. The number of benzene rings is 2. The van der Waals surface area contributed by atoms with E-state index in [1.54, 1.807) is 12.1 Å². The van der Waals surface area contributed by atoms with Gasteiger partial charge in [0.25, 0.3) is 0 Å². The summed E-state index contributed by atoms with van der Waals surface area (Å²) in [6.45, 7) is 2.93. The molecule has 4 nitrogen and oxygen atoms in total. The predicted octanol–water partition coefficient (Wildman–Crippen LogP) is 2.26. The van der Waals surface area contributed by atoms with Gasteiger partial charge in [-0.2, -0.15) is 0 Å². The van der Waals surface area contributed by atoms with Gasteiger partial charge in [-0.25, -0.2) is 13.1 Å². The second-order valence-electron chi connectivity index (χ2n) is 5.68. The Balaban J connectivity index is 1.93. The van der Waals surface area contributed by atoms with Crippen molar-refractivity contribution in [1.82, 2.24) is 10.0 Å². The van der Waals surface area contributed by atoms with Crippen molar-refractivity contribution in [1.29, 1.82) is 0 Å². The molecule has 0 aromatic heterocycles. The average Bonchev–Trinajstić information content (AvgIpc) is 2.46. The van der Waals surface area contributed by atoms with Crippen LogP contribution in [0.4, 0.5) is 0 Å². The summed E-state index contributed by atoms with van der Waals surface area (Å²) in [5, 5.41) is 5.05. The van der Waals surface area contributed by atoms with Crippen molar-refractivity contribution >= 4 is 20.8 Å². The Morgan fingerprint density at radius 3 is 2.71 bits per heavy atom. The number of rotatable bonds is 3. The SMILES string of the molecule is CC1CC(NS(=O)(=O)c2cccc3ccccc23)CCN1. The third kappa shape index (κ3) is 3.10. The van der Waals surface area contributed by atoms with Gasteiger partial charge >= 0.3 is 0 Å². The van der Waals surface area contributed by atoms with E-state index in [4.69, 9.17) is 0 Å². The summed E-state index contributed by atoms with van der Waals surface area (Å²) in [4.78, 5) is 0.367. The molecule has 1 aliphatic heterocycles. The summed E-state index contributed by atoms with van der Waals surface area (Å²) in [5.41, 5.74) is 0. The van der Waals surface area contributed by atoms with Crippen molar-refractivity contribution < 1.29 is 8.42 Å². The molecule has 2 aromatic rings. The van der Waals surface area contributed by atoms with Gasteiger partial charge in [0.1, 0.15) is 0 Å². The van der Waals surface area contributed by atoms with E-state index in [1.165, 1.54) is 0 Å². The van der Waals surface area contributed by atoms with Gasteiger partial charge in [0.2, 0.25) is 10.0 Å². The maximum Gasteiger partial charge on any atom is 0.241 e. The molecule has 2 unspecified atom stereocenters. The number of sulfonamides is 1. The lowest BCUT2D eigenvalue weighted by molar-refractivity contribution is 0.361. The summed E-state index contributed by atoms with van der Waals surface area (Å²) in [6.07, 6.45) is 1.65. The molecule has 112 valence electrons. The van der Waals surface area contributed by atoms with Crippen LogP contribution in [0.15, 0.2) is 47.4 Å². The van der Waals surface area contributed by atoms with Crippen LogP contribution < -0.4 is 10.0 Å². The zero-order chi connectivity index (χ0) is 14.9. The van der Waals surface area contributed by atoms with Gasteiger partial charge in [-0.1, -0.05) is 36.4 Å². The van der Waals surface area contributed by atoms with Crippen molar-refractivity contribution in [2.75, 3.05) is 6.54 Å². The Labute approximate surface area is 125 Å². The van der Waals surface area contributed by atoms with Crippen molar-refractivity contribution in [3.05, 3.63) is 42.5 Å². The van der Waals surface area contributed by atoms with Gasteiger partial charge in [-0.3, -0.25) is 0 Å². The molecule has 5 heteroatoms. The first-order valence-corrected chi connectivity index (χ1v) is 8.78. The largest absolute Gasteiger partial charge is 0.314 e. The number of piperidine rings is 1. The van der Waals surface area contributed by atoms with Crippen molar-refractivity contribution in [3.8, 4) is 0 Å². The molecule has 0 aliphatic carbocycles. The van der Waals surface area contributed by atoms with E-state index in [9.17, 15) is 8.42 Å². The van der Waals surface area contributed by atoms with E-state index >= 15 is 0 Å². The molecule has 21 heavy (non-hydrogen) atoms. The summed E-state index contributed by atoms with van der Waals surface area (Å²) in [5.74, 6) is 0. The molecule has 0 saturated carbocycles. The van der Waals surface area contributed by atoms with Crippen LogP contribution in [0.5, 0.6) is 0 Å². The number of fused-ring (bicyclic) bond motifs is 1. The molecule has 1 saturated heterocycles. The van der Waals surface area contributed by atoms with Gasteiger partial charge in [0, 0.05) is 17.5 Å². The van der Waals surface area contributed by atoms with Crippen LogP contribution in [0.25, 0.3) is 10.8 Å². The number of hydrogen-bond donors (Lipinski definition) is 2. The molecule has 2 aromatic carbocycles. The lowest BCUT2D eigenvalue weighted by Gasteiger charge is -2.28. The Morgan fingerprint density at radius 2 is 1.90 bits per heavy atom. The van der Waals surface area contributed by atoms with E-state index < -0.39 is 10.0 Å². The molecular weight excluding hydrogens is 284 g/mol. The van der Waals surface area contributed by atoms with Gasteiger partial charge < -0.3 is 5.32 Å². The number of nitrogens with one attached hydrogen (secondary N) is 2. The minimum Gasteiger partial charge on any atom is -0.314 e. The van der Waals surface area contributed by atoms with Gasteiger partial charge in [0.15, 0.2) is 0 Å². The highest BCUT2D eigenvalue weighted by atomic mass is 32.2. The van der Waals surface area contributed by atoms with Crippen LogP contribution in [-0.4, -0.2) is 27.0 Å². The van der Waals surface area contributed by atoms with Crippen LogP contribution in [0.2, 0.25) is 0 Å². The Bertz CT molecular complexity index is 738. The second kappa shape index (κ2) is 5.75. The molecule has 2 atom stereocenters. The quantitative estimate of drug-likeness (QED) is 0.914. The van der Waals surface area contributed by atoms with Crippen molar-refractivity contribution in [3.63, 3.8) is 0 Å². The molecular formula is C16H20N2O2S. The predicted molar refractivity (Wildman–Crippen MR) is 84.8 cm³/mol. The molecule has 0 spiro atoms. The third-order valence-corrected chi connectivity index (χ3v) is 5.56. The van der Waals surface area contributed by atoms with E-state index in [-0.39, 0.29) is 6.04 Å². The fraction of sp³-hybridized carbons (Fsp3) is 0.375. The normalized spacial score (nSPS) is 23.3. The highest BCUT2D eigenvalue weighted by Crippen LogP contribution is 2.23. The maximum absolute atomic E-state index is 12.7. The summed E-state index contributed by atoms with van der Waals surface area (Å²) >= 11 is 0. The number of hydrogen-bond acceptors (Lipinski definition) is 3. The minimum atomic E-state index is -3.49. The van der Waals surface area contributed by atoms with Crippen LogP contribution in [0.1, 0.15) is 19.8 Å². The topological polar surface area (TPSA) is 58.2 Å². The smallest absolute Gasteiger partial charge is 0.241 e. The lowest BCUT2D eigenvalue weighted by atomic mass is 10.0. The molecule has 2 N–H and O–H groups in total. The van der Waals surface area contributed by atoms with Crippen LogP contribution >= 0.6 is 0 Å². The molecule has 0 bridgehead atoms. The molecule has 0 radical (unpaired) electrons. The zero-order valence-electron chi connectivity index (χ0n) is 12.0. The fourth-order valence-corrected chi connectivity index (χ4v) is 4.46. The lowest BCUT2D eigenvalue weighted by Crippen LogP contribution is -2.46. The monoisotopic (exact) mass is 304 g/mol. The van der Waals surface area contributed by atoms with Crippen LogP contribution in [0, 0.1) is 0 Å². The van der Waals surface area contributed by atoms with Crippen molar-refractivity contribution in [2.24, 2.45) is 0 Å². The highest BCUT2D eigenvalue weighted by Gasteiger charge is 2.25. The first kappa shape index (κ1) is 14.5. The molecule has 3 rings (SSSR count). The van der Waals surface area contributed by atoms with E-state index in [1.807, 2.05) is 30.3 Å². The summed E-state index contributed by atoms with van der Waals surface area (Å²) < 4.78 is 28.2. The van der Waals surface area contributed by atoms with E-state index in [0.717, 1.165) is 30.2 Å². The Kier molecular flexibility index (Phi) is 3.97. The standard InChI is InChI=1S/C16H20N2O2S/c1-12-11-14(9-10-17-12)18-21(19,20)16-8-4-6-13-5-2-3-7-15(13)16/h2-8,12,14,17-18H,9-11H2,1H3. The first-order valence-electron chi connectivity index (χ1n) is 7.30. The molecule has 1 aliphatic rings. The Morgan fingerprint density at radius 1 is 1.14 bits per heavy atom. The highest BCUT2D eigenvalue weighted by molar-refractivity contribution is 7.89. The third-order valence-electron chi connectivity index (χ3n) is 3.98. The summed E-state index contributed by atoms with van der Waals surface area (Å²) in [6, 6.07) is 13.3. The Hall–Kier alpha value is -1.43. The van der Waals surface area contributed by atoms with E-state index in [0.29, 0.717) is 10.9 Å². The van der Waals surface area contributed by atoms with Crippen molar-refractivity contribution in [2.45, 2.75) is 36.7 Å². The fourth-order valence-electron chi connectivity index (χ4n) is 2.95. The summed E-state index contributed by atoms with van der Waals surface area (Å²) in [7, 11) is -3.49. The van der Waals surface area contributed by atoms with Gasteiger partial charge in [-0.05, 0) is 37.8 Å².